The van der Waals surface area contributed by atoms with Crippen LogP contribution in [0.5, 0.6) is 0 Å². The second-order valence-corrected chi connectivity index (χ2v) is 6.34. The minimum atomic E-state index is -1.42. The van der Waals surface area contributed by atoms with Gasteiger partial charge in [0.05, 0.1) is 11.1 Å². The summed E-state index contributed by atoms with van der Waals surface area (Å²) in [5.41, 5.74) is 5.23. The summed E-state index contributed by atoms with van der Waals surface area (Å²) in [7, 11) is 0. The Morgan fingerprint density at radius 2 is 1.64 bits per heavy atom. The number of hydrogen-bond acceptors (Lipinski definition) is 5. The Balaban J connectivity index is 2.40. The van der Waals surface area contributed by atoms with Crippen LogP contribution in [0.1, 0.15) is 41.5 Å². The molecule has 0 aliphatic carbocycles. The molecule has 116 valence electrons. The van der Waals surface area contributed by atoms with Gasteiger partial charge in [-0.15, -0.1) is 0 Å². The van der Waals surface area contributed by atoms with Gasteiger partial charge in [0.1, 0.15) is 10.6 Å². The highest BCUT2D eigenvalue weighted by Gasteiger charge is 2.45. The van der Waals surface area contributed by atoms with Gasteiger partial charge in [0.2, 0.25) is 0 Å². The van der Waals surface area contributed by atoms with Crippen LogP contribution in [0.4, 0.5) is 0 Å². The van der Waals surface area contributed by atoms with Gasteiger partial charge in [-0.2, -0.15) is 0 Å². The molecule has 0 spiro atoms. The second-order valence-electron chi connectivity index (χ2n) is 5.86. The van der Waals surface area contributed by atoms with Crippen LogP contribution in [0, 0.1) is 0 Å². The number of carbonyl (C=O) groups is 3. The van der Waals surface area contributed by atoms with E-state index in [1.807, 2.05) is 0 Å². The summed E-state index contributed by atoms with van der Waals surface area (Å²) in [6.45, 7) is 5.01. The fraction of sp³-hybridized carbons (Fsp3) is 0.333. The molecule has 0 saturated heterocycles. The molecule has 1 aromatic rings. The summed E-state index contributed by atoms with van der Waals surface area (Å²) >= 11 is 4.87. The molecule has 1 atom stereocenters. The van der Waals surface area contributed by atoms with Crippen molar-refractivity contribution < 1.29 is 19.1 Å². The van der Waals surface area contributed by atoms with Gasteiger partial charge >= 0.3 is 5.97 Å². The van der Waals surface area contributed by atoms with E-state index >= 15 is 0 Å². The fourth-order valence-electron chi connectivity index (χ4n) is 2.15. The van der Waals surface area contributed by atoms with Crippen LogP contribution < -0.4 is 5.73 Å². The smallest absolute Gasteiger partial charge is 0.337 e. The molecule has 0 saturated carbocycles. The summed E-state index contributed by atoms with van der Waals surface area (Å²) in [4.78, 5) is 37.6. The zero-order chi connectivity index (χ0) is 16.7. The first-order valence-corrected chi connectivity index (χ1v) is 7.03. The second kappa shape index (κ2) is 5.49. The third-order valence-corrected chi connectivity index (χ3v) is 3.21. The van der Waals surface area contributed by atoms with Crippen molar-refractivity contribution in [2.75, 3.05) is 0 Å². The number of benzene rings is 1. The SMILES string of the molecule is CC(C)(C)OC(=O)C(C(N)=S)N1C(=O)c2ccccc2C1=O. The van der Waals surface area contributed by atoms with Gasteiger partial charge in [-0.3, -0.25) is 14.5 Å². The minimum Gasteiger partial charge on any atom is -0.458 e. The molecule has 22 heavy (non-hydrogen) atoms. The van der Waals surface area contributed by atoms with Crippen molar-refractivity contribution in [3.63, 3.8) is 0 Å². The van der Waals surface area contributed by atoms with Crippen molar-refractivity contribution in [3.05, 3.63) is 35.4 Å². The molecule has 6 nitrogen and oxygen atoms in total. The molecule has 2 rings (SSSR count). The topological polar surface area (TPSA) is 89.7 Å². The molecule has 0 aromatic heterocycles. The molecule has 0 bridgehead atoms. The highest BCUT2D eigenvalue weighted by Crippen LogP contribution is 2.25. The van der Waals surface area contributed by atoms with Gasteiger partial charge in [-0.05, 0) is 32.9 Å². The number of amides is 2. The molecule has 0 fully saturated rings. The number of nitrogens with two attached hydrogens (primary N) is 1. The van der Waals surface area contributed by atoms with Crippen LogP contribution >= 0.6 is 12.2 Å². The van der Waals surface area contributed by atoms with Crippen LogP contribution in [-0.4, -0.2) is 39.3 Å². The molecule has 7 heteroatoms. The molecule has 1 aliphatic rings. The maximum atomic E-state index is 12.4. The molecule has 0 radical (unpaired) electrons. The Bertz CT molecular complexity index is 643. The number of thiocarbonyl (C=S) groups is 1. The first kappa shape index (κ1) is 16.1. The van der Waals surface area contributed by atoms with E-state index in [0.29, 0.717) is 0 Å². The number of fused-ring (bicyclic) bond motifs is 1. The Morgan fingerprint density at radius 3 is 2.00 bits per heavy atom. The van der Waals surface area contributed by atoms with Crippen LogP contribution in [0.2, 0.25) is 0 Å². The van der Waals surface area contributed by atoms with Crippen molar-refractivity contribution in [2.45, 2.75) is 32.4 Å². The number of nitrogens with zero attached hydrogens (tertiary/aromatic N) is 1. The number of hydrogen-bond donors (Lipinski definition) is 1. The summed E-state index contributed by atoms with van der Waals surface area (Å²) in [6, 6.07) is 4.89. The van der Waals surface area contributed by atoms with Crippen LogP contribution in [0.3, 0.4) is 0 Å². The molecule has 1 heterocycles. The first-order valence-electron chi connectivity index (χ1n) is 6.62. The van der Waals surface area contributed by atoms with Crippen molar-refractivity contribution in [2.24, 2.45) is 5.73 Å². The number of carbonyl (C=O) groups excluding carboxylic acids is 3. The lowest BCUT2D eigenvalue weighted by Crippen LogP contribution is -2.53. The van der Waals surface area contributed by atoms with Crippen molar-refractivity contribution in [1.82, 2.24) is 4.90 Å². The zero-order valence-electron chi connectivity index (χ0n) is 12.5. The average molecular weight is 320 g/mol. The van der Waals surface area contributed by atoms with Crippen molar-refractivity contribution in [1.29, 1.82) is 0 Å². The normalized spacial score (nSPS) is 15.5. The molecule has 1 unspecified atom stereocenters. The monoisotopic (exact) mass is 320 g/mol. The summed E-state index contributed by atoms with van der Waals surface area (Å²) in [5.74, 6) is -2.04. The lowest BCUT2D eigenvalue weighted by molar-refractivity contribution is -0.157. The van der Waals surface area contributed by atoms with E-state index < -0.39 is 29.4 Å². The van der Waals surface area contributed by atoms with E-state index in [2.05, 4.69) is 0 Å². The highest BCUT2D eigenvalue weighted by molar-refractivity contribution is 7.80. The third kappa shape index (κ3) is 2.85. The Labute approximate surface area is 133 Å². The average Bonchev–Trinajstić information content (AvgIpc) is 2.62. The molecular formula is C15H16N2O4S. The van der Waals surface area contributed by atoms with E-state index in [-0.39, 0.29) is 16.1 Å². The van der Waals surface area contributed by atoms with Gasteiger partial charge in [-0.25, -0.2) is 4.79 Å². The van der Waals surface area contributed by atoms with Crippen LogP contribution in [-0.2, 0) is 9.53 Å². The number of rotatable bonds is 3. The fourth-order valence-corrected chi connectivity index (χ4v) is 2.35. The van der Waals surface area contributed by atoms with E-state index in [1.165, 1.54) is 12.1 Å². The molecular weight excluding hydrogens is 304 g/mol. The minimum absolute atomic E-state index is 0.220. The maximum Gasteiger partial charge on any atom is 0.337 e. The van der Waals surface area contributed by atoms with E-state index in [9.17, 15) is 14.4 Å². The Morgan fingerprint density at radius 1 is 1.18 bits per heavy atom. The van der Waals surface area contributed by atoms with Crippen molar-refractivity contribution in [3.8, 4) is 0 Å². The lowest BCUT2D eigenvalue weighted by Gasteiger charge is -2.27. The van der Waals surface area contributed by atoms with Gasteiger partial charge in [-0.1, -0.05) is 24.4 Å². The van der Waals surface area contributed by atoms with Gasteiger partial charge in [0, 0.05) is 0 Å². The number of esters is 1. The van der Waals surface area contributed by atoms with E-state index in [4.69, 9.17) is 22.7 Å². The Hall–Kier alpha value is -2.28. The predicted molar refractivity (Wildman–Crippen MR) is 83.4 cm³/mol. The van der Waals surface area contributed by atoms with Crippen LogP contribution in [0.25, 0.3) is 0 Å². The maximum absolute atomic E-state index is 12.4. The molecule has 1 aromatic carbocycles. The van der Waals surface area contributed by atoms with Gasteiger partial charge < -0.3 is 10.5 Å². The summed E-state index contributed by atoms with van der Waals surface area (Å²) in [6.07, 6.45) is 0. The quantitative estimate of drug-likeness (QED) is 0.512. The zero-order valence-corrected chi connectivity index (χ0v) is 13.3. The molecule has 2 N–H and O–H groups in total. The Kier molecular flexibility index (Phi) is 4.02. The summed E-state index contributed by atoms with van der Waals surface area (Å²) in [5, 5.41) is 0. The predicted octanol–water partition coefficient (Wildman–Crippen LogP) is 1.28. The van der Waals surface area contributed by atoms with Gasteiger partial charge in [0.15, 0.2) is 6.04 Å². The van der Waals surface area contributed by atoms with Crippen LogP contribution in [0.15, 0.2) is 24.3 Å². The molecule has 2 amide bonds. The largest absolute Gasteiger partial charge is 0.458 e. The van der Waals surface area contributed by atoms with Gasteiger partial charge in [0.25, 0.3) is 11.8 Å². The summed E-state index contributed by atoms with van der Waals surface area (Å²) < 4.78 is 5.22. The molecule has 1 aliphatic heterocycles. The van der Waals surface area contributed by atoms with Crippen molar-refractivity contribution >= 4 is 35.0 Å². The van der Waals surface area contributed by atoms with E-state index in [0.717, 1.165) is 4.90 Å². The number of imide groups is 1. The third-order valence-electron chi connectivity index (χ3n) is 2.98. The first-order chi connectivity index (χ1) is 10.1. The van der Waals surface area contributed by atoms with E-state index in [1.54, 1.807) is 32.9 Å². The highest BCUT2D eigenvalue weighted by atomic mass is 32.1. The standard InChI is InChI=1S/C15H16N2O4S/c1-15(2,3)21-14(20)10(11(16)22)17-12(18)8-6-4-5-7-9(8)13(17)19/h4-7,10H,1-3H3,(H2,16,22). The lowest BCUT2D eigenvalue weighted by atomic mass is 10.1. The number of ether oxygens (including phenoxy) is 1.